The predicted molar refractivity (Wildman–Crippen MR) is 49.4 cm³/mol. The summed E-state index contributed by atoms with van der Waals surface area (Å²) in [5, 5.41) is 12.5. The van der Waals surface area contributed by atoms with Gasteiger partial charge in [-0.15, -0.1) is 0 Å². The Morgan fingerprint density at radius 1 is 1.60 bits per heavy atom. The average molecular weight is 207 g/mol. The minimum Gasteiger partial charge on any atom is -0.477 e. The van der Waals surface area contributed by atoms with Crippen LogP contribution in [0, 0.1) is 0 Å². The fourth-order valence-corrected chi connectivity index (χ4v) is 1.33. The fourth-order valence-electron chi connectivity index (χ4n) is 1.33. The van der Waals surface area contributed by atoms with Crippen molar-refractivity contribution < 1.29 is 14.4 Å². The first-order chi connectivity index (χ1) is 7.27. The van der Waals surface area contributed by atoms with Crippen LogP contribution >= 0.6 is 0 Å². The molecular formula is C9H9N3O3. The van der Waals surface area contributed by atoms with Crippen LogP contribution in [0.25, 0.3) is 0 Å². The predicted octanol–water partition coefficient (Wildman–Crippen LogP) is 0.812. The molecule has 0 unspecified atom stereocenters. The van der Waals surface area contributed by atoms with Gasteiger partial charge in [0, 0.05) is 19.2 Å². The van der Waals surface area contributed by atoms with Crippen molar-refractivity contribution in [2.45, 2.75) is 13.0 Å². The zero-order valence-corrected chi connectivity index (χ0v) is 7.83. The summed E-state index contributed by atoms with van der Waals surface area (Å²) in [4.78, 5) is 14.6. The van der Waals surface area contributed by atoms with Crippen LogP contribution in [0.4, 0.5) is 0 Å². The largest absolute Gasteiger partial charge is 0.477 e. The number of aromatic nitrogens is 3. The molecule has 0 amide bonds. The summed E-state index contributed by atoms with van der Waals surface area (Å²) in [6.07, 6.45) is 3.51. The minimum atomic E-state index is -0.937. The first-order valence-corrected chi connectivity index (χ1v) is 4.41. The number of hydrogen-bond acceptors (Lipinski definition) is 4. The molecule has 0 saturated carbocycles. The zero-order valence-electron chi connectivity index (χ0n) is 7.83. The summed E-state index contributed by atoms with van der Waals surface area (Å²) in [5.41, 5.74) is 0.262. The number of carbonyl (C=O) groups is 1. The van der Waals surface area contributed by atoms with E-state index in [1.807, 2.05) is 0 Å². The van der Waals surface area contributed by atoms with Gasteiger partial charge in [-0.05, 0) is 12.1 Å². The molecule has 1 N–H and O–H groups in total. The second-order valence-electron chi connectivity index (χ2n) is 2.99. The quantitative estimate of drug-likeness (QED) is 0.802. The number of aromatic carboxylic acids is 1. The Labute approximate surface area is 85.1 Å². The average Bonchev–Trinajstić information content (AvgIpc) is 2.86. The van der Waals surface area contributed by atoms with Crippen LogP contribution < -0.4 is 0 Å². The maximum Gasteiger partial charge on any atom is 0.352 e. The van der Waals surface area contributed by atoms with E-state index in [1.54, 1.807) is 22.9 Å². The van der Waals surface area contributed by atoms with Crippen molar-refractivity contribution in [3.05, 3.63) is 36.2 Å². The molecule has 0 saturated heterocycles. The lowest BCUT2D eigenvalue weighted by atomic mass is 10.4. The molecule has 0 aliphatic carbocycles. The van der Waals surface area contributed by atoms with E-state index in [9.17, 15) is 4.79 Å². The molecule has 6 nitrogen and oxygen atoms in total. The SMILES string of the molecule is O=C(O)c1cccn1CCc1ncon1. The maximum atomic E-state index is 10.8. The lowest BCUT2D eigenvalue weighted by Crippen LogP contribution is -2.09. The van der Waals surface area contributed by atoms with Crippen LogP contribution in [-0.4, -0.2) is 25.8 Å². The molecule has 2 heterocycles. The Morgan fingerprint density at radius 2 is 2.47 bits per heavy atom. The molecule has 2 aromatic heterocycles. The summed E-state index contributed by atoms with van der Waals surface area (Å²) in [6.45, 7) is 0.522. The molecule has 0 fully saturated rings. The Balaban J connectivity index is 2.05. The summed E-state index contributed by atoms with van der Waals surface area (Å²) >= 11 is 0. The highest BCUT2D eigenvalue weighted by Gasteiger charge is 2.08. The molecule has 15 heavy (non-hydrogen) atoms. The summed E-state index contributed by atoms with van der Waals surface area (Å²) in [5.74, 6) is -0.367. The van der Waals surface area contributed by atoms with E-state index in [1.165, 1.54) is 6.39 Å². The molecule has 6 heteroatoms. The van der Waals surface area contributed by atoms with Crippen LogP contribution in [-0.2, 0) is 13.0 Å². The van der Waals surface area contributed by atoms with Crippen LogP contribution in [0.15, 0.2) is 29.2 Å². The van der Waals surface area contributed by atoms with Gasteiger partial charge in [-0.1, -0.05) is 5.16 Å². The summed E-state index contributed by atoms with van der Waals surface area (Å²) < 4.78 is 6.21. The van der Waals surface area contributed by atoms with Gasteiger partial charge in [0.05, 0.1) is 0 Å². The third-order valence-electron chi connectivity index (χ3n) is 2.03. The van der Waals surface area contributed by atoms with Gasteiger partial charge in [-0.25, -0.2) is 4.79 Å². The van der Waals surface area contributed by atoms with E-state index in [4.69, 9.17) is 5.11 Å². The standard InChI is InChI=1S/C9H9N3O3/c13-9(14)7-2-1-4-12(7)5-3-8-10-6-15-11-8/h1-2,4,6H,3,5H2,(H,13,14). The van der Waals surface area contributed by atoms with Gasteiger partial charge < -0.3 is 14.2 Å². The normalized spacial score (nSPS) is 10.4. The Kier molecular flexibility index (Phi) is 2.49. The van der Waals surface area contributed by atoms with Crippen molar-refractivity contribution >= 4 is 5.97 Å². The smallest absolute Gasteiger partial charge is 0.352 e. The highest BCUT2D eigenvalue weighted by atomic mass is 16.5. The van der Waals surface area contributed by atoms with Gasteiger partial charge in [-0.3, -0.25) is 0 Å². The molecular weight excluding hydrogens is 198 g/mol. The van der Waals surface area contributed by atoms with Crippen molar-refractivity contribution in [2.24, 2.45) is 0 Å². The van der Waals surface area contributed by atoms with E-state index in [0.29, 0.717) is 18.8 Å². The molecule has 0 aliphatic rings. The molecule has 0 aromatic carbocycles. The summed E-state index contributed by atoms with van der Waals surface area (Å²) in [6, 6.07) is 3.25. The Hall–Kier alpha value is -2.11. The van der Waals surface area contributed by atoms with Crippen molar-refractivity contribution in [2.75, 3.05) is 0 Å². The molecule has 0 spiro atoms. The van der Waals surface area contributed by atoms with Gasteiger partial charge in [0.2, 0.25) is 6.39 Å². The molecule has 0 radical (unpaired) electrons. The topological polar surface area (TPSA) is 81.1 Å². The van der Waals surface area contributed by atoms with Crippen LogP contribution in [0.3, 0.4) is 0 Å². The fraction of sp³-hybridized carbons (Fsp3) is 0.222. The van der Waals surface area contributed by atoms with Crippen LogP contribution in [0.1, 0.15) is 16.3 Å². The van der Waals surface area contributed by atoms with Gasteiger partial charge in [-0.2, -0.15) is 4.98 Å². The third-order valence-corrected chi connectivity index (χ3v) is 2.03. The molecule has 78 valence electrons. The molecule has 2 rings (SSSR count). The minimum absolute atomic E-state index is 0.262. The van der Waals surface area contributed by atoms with Gasteiger partial charge in [0.1, 0.15) is 5.69 Å². The third kappa shape index (κ3) is 2.04. The highest BCUT2D eigenvalue weighted by molar-refractivity contribution is 5.85. The molecule has 0 bridgehead atoms. The van der Waals surface area contributed by atoms with Gasteiger partial charge in [0.25, 0.3) is 0 Å². The maximum absolute atomic E-state index is 10.8. The summed E-state index contributed by atoms with van der Waals surface area (Å²) in [7, 11) is 0. The first-order valence-electron chi connectivity index (χ1n) is 4.41. The van der Waals surface area contributed by atoms with Crippen LogP contribution in [0.2, 0.25) is 0 Å². The number of rotatable bonds is 4. The monoisotopic (exact) mass is 207 g/mol. The van der Waals surface area contributed by atoms with E-state index in [-0.39, 0.29) is 5.69 Å². The van der Waals surface area contributed by atoms with Crippen molar-refractivity contribution in [3.63, 3.8) is 0 Å². The van der Waals surface area contributed by atoms with E-state index in [0.717, 1.165) is 0 Å². The zero-order chi connectivity index (χ0) is 10.7. The molecule has 2 aromatic rings. The van der Waals surface area contributed by atoms with Gasteiger partial charge in [0.15, 0.2) is 5.82 Å². The number of hydrogen-bond donors (Lipinski definition) is 1. The van der Waals surface area contributed by atoms with Crippen molar-refractivity contribution in [1.29, 1.82) is 0 Å². The molecule has 0 atom stereocenters. The first kappa shape index (κ1) is 9.45. The van der Waals surface area contributed by atoms with Crippen molar-refractivity contribution in [3.8, 4) is 0 Å². The lowest BCUT2D eigenvalue weighted by Gasteiger charge is -2.03. The Bertz CT molecular complexity index is 447. The number of carboxylic acids is 1. The van der Waals surface area contributed by atoms with E-state index < -0.39 is 5.97 Å². The highest BCUT2D eigenvalue weighted by Crippen LogP contribution is 2.04. The second kappa shape index (κ2) is 3.95. The van der Waals surface area contributed by atoms with Crippen molar-refractivity contribution in [1.82, 2.24) is 14.7 Å². The Morgan fingerprint density at radius 3 is 3.13 bits per heavy atom. The number of nitrogens with zero attached hydrogens (tertiary/aromatic N) is 3. The molecule has 0 aliphatic heterocycles. The number of aryl methyl sites for hydroxylation is 2. The lowest BCUT2D eigenvalue weighted by molar-refractivity contribution is 0.0685. The second-order valence-corrected chi connectivity index (χ2v) is 2.99. The van der Waals surface area contributed by atoms with E-state index in [2.05, 4.69) is 14.7 Å². The van der Waals surface area contributed by atoms with Crippen LogP contribution in [0.5, 0.6) is 0 Å². The number of carboxylic acid groups (broad SMARTS) is 1. The van der Waals surface area contributed by atoms with E-state index >= 15 is 0 Å². The van der Waals surface area contributed by atoms with Gasteiger partial charge >= 0.3 is 5.97 Å².